The lowest BCUT2D eigenvalue weighted by atomic mass is 9.86. The van der Waals surface area contributed by atoms with Gasteiger partial charge in [-0.2, -0.15) is 0 Å². The van der Waals surface area contributed by atoms with E-state index in [2.05, 4.69) is 5.32 Å². The molecule has 4 nitrogen and oxygen atoms in total. The van der Waals surface area contributed by atoms with Gasteiger partial charge in [0, 0.05) is 0 Å². The minimum atomic E-state index is -0.397. The first-order valence-electron chi connectivity index (χ1n) is 5.98. The van der Waals surface area contributed by atoms with Gasteiger partial charge in [-0.1, -0.05) is 18.9 Å². The number of amides is 1. The molecule has 2 aliphatic rings. The Morgan fingerprint density at radius 1 is 1.29 bits per heavy atom. The minimum Gasteiger partial charge on any atom is -0.504 e. The van der Waals surface area contributed by atoms with E-state index in [9.17, 15) is 9.90 Å². The highest BCUT2D eigenvalue weighted by Crippen LogP contribution is 2.45. The van der Waals surface area contributed by atoms with Crippen LogP contribution in [-0.2, 0) is 4.79 Å². The van der Waals surface area contributed by atoms with Crippen LogP contribution < -0.4 is 10.1 Å². The van der Waals surface area contributed by atoms with E-state index in [1.807, 2.05) is 0 Å². The monoisotopic (exact) mass is 233 g/mol. The van der Waals surface area contributed by atoms with Gasteiger partial charge in [0.1, 0.15) is 6.61 Å². The zero-order valence-electron chi connectivity index (χ0n) is 9.53. The van der Waals surface area contributed by atoms with Crippen LogP contribution in [0.1, 0.15) is 25.7 Å². The fourth-order valence-corrected chi connectivity index (χ4v) is 2.73. The predicted molar refractivity (Wildman–Crippen MR) is 63.1 cm³/mol. The summed E-state index contributed by atoms with van der Waals surface area (Å²) < 4.78 is 5.65. The molecule has 1 saturated carbocycles. The SMILES string of the molecule is O=C1Nc2cccc(O)c2OCC12CCCC2. The summed E-state index contributed by atoms with van der Waals surface area (Å²) in [6, 6.07) is 5.02. The summed E-state index contributed by atoms with van der Waals surface area (Å²) in [5, 5.41) is 12.6. The van der Waals surface area contributed by atoms with E-state index >= 15 is 0 Å². The van der Waals surface area contributed by atoms with E-state index < -0.39 is 5.41 Å². The molecular weight excluding hydrogens is 218 g/mol. The van der Waals surface area contributed by atoms with Crippen LogP contribution in [0.2, 0.25) is 0 Å². The van der Waals surface area contributed by atoms with Crippen molar-refractivity contribution in [3.05, 3.63) is 18.2 Å². The predicted octanol–water partition coefficient (Wildman–Crippen LogP) is 2.28. The number of carbonyl (C=O) groups is 1. The quantitative estimate of drug-likeness (QED) is 0.722. The summed E-state index contributed by atoms with van der Waals surface area (Å²) in [4.78, 5) is 12.2. The molecule has 1 aliphatic carbocycles. The number of hydrogen-bond donors (Lipinski definition) is 2. The Kier molecular flexibility index (Phi) is 2.24. The highest BCUT2D eigenvalue weighted by atomic mass is 16.5. The van der Waals surface area contributed by atoms with E-state index in [0.717, 1.165) is 25.7 Å². The molecule has 1 aromatic carbocycles. The number of para-hydroxylation sites is 1. The number of phenolic OH excluding ortho intramolecular Hbond substituents is 1. The van der Waals surface area contributed by atoms with E-state index in [1.165, 1.54) is 0 Å². The van der Waals surface area contributed by atoms with Crippen molar-refractivity contribution in [3.8, 4) is 11.5 Å². The van der Waals surface area contributed by atoms with Crippen molar-refractivity contribution in [1.82, 2.24) is 0 Å². The van der Waals surface area contributed by atoms with Gasteiger partial charge >= 0.3 is 0 Å². The number of ether oxygens (including phenoxy) is 1. The van der Waals surface area contributed by atoms with Crippen LogP contribution in [0.4, 0.5) is 5.69 Å². The summed E-state index contributed by atoms with van der Waals surface area (Å²) in [5.74, 6) is 0.502. The molecule has 17 heavy (non-hydrogen) atoms. The normalized spacial score (nSPS) is 21.5. The van der Waals surface area contributed by atoms with Gasteiger partial charge in [0.05, 0.1) is 11.1 Å². The molecule has 0 bridgehead atoms. The van der Waals surface area contributed by atoms with E-state index in [0.29, 0.717) is 18.0 Å². The number of hydrogen-bond acceptors (Lipinski definition) is 3. The van der Waals surface area contributed by atoms with E-state index in [4.69, 9.17) is 4.74 Å². The van der Waals surface area contributed by atoms with E-state index in [1.54, 1.807) is 18.2 Å². The van der Waals surface area contributed by atoms with Crippen LogP contribution in [0.15, 0.2) is 18.2 Å². The maximum Gasteiger partial charge on any atom is 0.234 e. The van der Waals surface area contributed by atoms with Crippen molar-refractivity contribution < 1.29 is 14.6 Å². The fourth-order valence-electron chi connectivity index (χ4n) is 2.73. The lowest BCUT2D eigenvalue weighted by molar-refractivity contribution is -0.126. The molecule has 0 atom stereocenters. The molecule has 1 aliphatic heterocycles. The number of phenols is 1. The Morgan fingerprint density at radius 3 is 2.82 bits per heavy atom. The van der Waals surface area contributed by atoms with Gasteiger partial charge in [0.2, 0.25) is 5.91 Å². The molecule has 3 rings (SSSR count). The lowest BCUT2D eigenvalue weighted by Crippen LogP contribution is -2.37. The van der Waals surface area contributed by atoms with Gasteiger partial charge in [0.25, 0.3) is 0 Å². The lowest BCUT2D eigenvalue weighted by Gasteiger charge is -2.23. The van der Waals surface area contributed by atoms with Gasteiger partial charge in [0.15, 0.2) is 11.5 Å². The largest absolute Gasteiger partial charge is 0.504 e. The number of nitrogens with one attached hydrogen (secondary N) is 1. The molecule has 1 amide bonds. The third-order valence-corrected chi connectivity index (χ3v) is 3.78. The van der Waals surface area contributed by atoms with Crippen molar-refractivity contribution in [1.29, 1.82) is 0 Å². The number of rotatable bonds is 0. The Bertz CT molecular complexity index is 464. The van der Waals surface area contributed by atoms with Crippen molar-refractivity contribution >= 4 is 11.6 Å². The topological polar surface area (TPSA) is 58.6 Å². The second kappa shape index (κ2) is 3.65. The third kappa shape index (κ3) is 1.55. The average molecular weight is 233 g/mol. The number of fused-ring (bicyclic) bond motifs is 1. The number of benzene rings is 1. The Balaban J connectivity index is 1.99. The molecule has 0 unspecified atom stereocenters. The average Bonchev–Trinajstić information content (AvgIpc) is 2.72. The molecule has 0 aromatic heterocycles. The van der Waals surface area contributed by atoms with Crippen LogP contribution in [0.5, 0.6) is 11.5 Å². The van der Waals surface area contributed by atoms with Gasteiger partial charge in [-0.15, -0.1) is 0 Å². The second-order valence-electron chi connectivity index (χ2n) is 4.88. The summed E-state index contributed by atoms with van der Waals surface area (Å²) in [5.41, 5.74) is 0.171. The van der Waals surface area contributed by atoms with Gasteiger partial charge in [-0.25, -0.2) is 0 Å². The number of carbonyl (C=O) groups excluding carboxylic acids is 1. The van der Waals surface area contributed by atoms with Gasteiger partial charge in [-0.3, -0.25) is 4.79 Å². The fraction of sp³-hybridized carbons (Fsp3) is 0.462. The first-order chi connectivity index (χ1) is 8.21. The van der Waals surface area contributed by atoms with Crippen LogP contribution in [0.3, 0.4) is 0 Å². The van der Waals surface area contributed by atoms with Crippen LogP contribution >= 0.6 is 0 Å². The van der Waals surface area contributed by atoms with Gasteiger partial charge < -0.3 is 15.2 Å². The molecule has 0 saturated heterocycles. The highest BCUT2D eigenvalue weighted by Gasteiger charge is 2.44. The second-order valence-corrected chi connectivity index (χ2v) is 4.88. The summed E-state index contributed by atoms with van der Waals surface area (Å²) in [6.45, 7) is 0.364. The summed E-state index contributed by atoms with van der Waals surface area (Å²) in [6.07, 6.45) is 3.87. The highest BCUT2D eigenvalue weighted by molar-refractivity contribution is 5.98. The molecule has 2 N–H and O–H groups in total. The molecule has 0 radical (unpaired) electrons. The summed E-state index contributed by atoms with van der Waals surface area (Å²) in [7, 11) is 0. The molecule has 1 fully saturated rings. The molecule has 4 heteroatoms. The first kappa shape index (κ1) is 10.4. The third-order valence-electron chi connectivity index (χ3n) is 3.78. The molecule has 90 valence electrons. The first-order valence-corrected chi connectivity index (χ1v) is 5.98. The van der Waals surface area contributed by atoms with Crippen LogP contribution in [0.25, 0.3) is 0 Å². The summed E-state index contributed by atoms with van der Waals surface area (Å²) >= 11 is 0. The number of aromatic hydroxyl groups is 1. The van der Waals surface area contributed by atoms with Crippen LogP contribution in [-0.4, -0.2) is 17.6 Å². The standard InChI is InChI=1S/C13H15NO3/c15-10-5-3-4-9-11(10)17-8-13(12(16)14-9)6-1-2-7-13/h3-5,15H,1-2,6-8H2,(H,14,16). The Labute approximate surface area is 99.6 Å². The molecule has 1 heterocycles. The van der Waals surface area contributed by atoms with Gasteiger partial charge in [-0.05, 0) is 25.0 Å². The van der Waals surface area contributed by atoms with Crippen molar-refractivity contribution in [2.75, 3.05) is 11.9 Å². The van der Waals surface area contributed by atoms with Crippen LogP contribution in [0, 0.1) is 5.41 Å². The zero-order chi connectivity index (χ0) is 11.9. The van der Waals surface area contributed by atoms with Crippen molar-refractivity contribution in [2.45, 2.75) is 25.7 Å². The smallest absolute Gasteiger partial charge is 0.234 e. The number of anilines is 1. The minimum absolute atomic E-state index is 0.0272. The maximum absolute atomic E-state index is 12.2. The van der Waals surface area contributed by atoms with Crippen molar-refractivity contribution in [2.24, 2.45) is 5.41 Å². The molecule has 1 aromatic rings. The Hall–Kier alpha value is -1.71. The zero-order valence-corrected chi connectivity index (χ0v) is 9.53. The van der Waals surface area contributed by atoms with Crippen molar-refractivity contribution in [3.63, 3.8) is 0 Å². The molecule has 1 spiro atoms. The maximum atomic E-state index is 12.2. The molecular formula is C13H15NO3. The Morgan fingerprint density at radius 2 is 2.06 bits per heavy atom. The van der Waals surface area contributed by atoms with E-state index in [-0.39, 0.29) is 11.7 Å².